The summed E-state index contributed by atoms with van der Waals surface area (Å²) in [5, 5.41) is 4.90. The van der Waals surface area contributed by atoms with Crippen LogP contribution in [0.25, 0.3) is 10.9 Å². The molecule has 0 bridgehead atoms. The van der Waals surface area contributed by atoms with Gasteiger partial charge in [0.25, 0.3) is 0 Å². The van der Waals surface area contributed by atoms with Crippen LogP contribution in [0.5, 0.6) is 0 Å². The van der Waals surface area contributed by atoms with Gasteiger partial charge in [0.2, 0.25) is 5.91 Å². The number of fused-ring (bicyclic) bond motifs is 1. The minimum absolute atomic E-state index is 0.209. The van der Waals surface area contributed by atoms with Gasteiger partial charge >= 0.3 is 0 Å². The molecule has 0 unspecified atom stereocenters. The van der Waals surface area contributed by atoms with Crippen LogP contribution in [0.3, 0.4) is 0 Å². The number of carbonyl (C=O) groups is 1. The Labute approximate surface area is 196 Å². The van der Waals surface area contributed by atoms with Crippen molar-refractivity contribution in [2.75, 3.05) is 18.9 Å². The van der Waals surface area contributed by atoms with E-state index in [0.717, 1.165) is 43.1 Å². The second-order valence-corrected chi connectivity index (χ2v) is 10.2. The Morgan fingerprint density at radius 2 is 2.06 bits per heavy atom. The average Bonchev–Trinajstić information content (AvgIpc) is 3.13. The van der Waals surface area contributed by atoms with E-state index >= 15 is 0 Å². The van der Waals surface area contributed by atoms with E-state index in [9.17, 15) is 4.79 Å². The molecule has 7 heteroatoms. The van der Waals surface area contributed by atoms with Crippen molar-refractivity contribution in [1.82, 2.24) is 19.8 Å². The largest absolute Gasteiger partial charge is 0.358 e. The van der Waals surface area contributed by atoms with E-state index < -0.39 is 0 Å². The monoisotopic (exact) mass is 457 g/mol. The van der Waals surface area contributed by atoms with Crippen LogP contribution >= 0.6 is 11.6 Å². The summed E-state index contributed by atoms with van der Waals surface area (Å²) < 4.78 is 0. The summed E-state index contributed by atoms with van der Waals surface area (Å²) in [5.74, 6) is 1.46. The molecule has 1 N–H and O–H groups in total. The molecule has 2 aromatic rings. The van der Waals surface area contributed by atoms with E-state index in [4.69, 9.17) is 11.6 Å². The first-order valence-electron chi connectivity index (χ1n) is 12.1. The summed E-state index contributed by atoms with van der Waals surface area (Å²) in [4.78, 5) is 26.9. The standard InChI is InChI=1S/C25H36ClN5O/c1-5-6-17-13-19(30(4)16(2)3)8-10-23(17)31-12-11-22(25(31)32)29-24-20-14-18(26)7-9-21(20)27-15-28-24/h7,9,14-17,19,22-23H,5-6,8,10-13H2,1-4H3,(H,27,28,29)/t17-,19+,22-,23-/m0/s1. The molecule has 1 aromatic heterocycles. The highest BCUT2D eigenvalue weighted by molar-refractivity contribution is 6.31. The van der Waals surface area contributed by atoms with Gasteiger partial charge in [-0.3, -0.25) is 4.79 Å². The number of halogens is 1. The second-order valence-electron chi connectivity index (χ2n) is 9.74. The fraction of sp³-hybridized carbons (Fsp3) is 0.640. The van der Waals surface area contributed by atoms with Gasteiger partial charge in [-0.05, 0) is 77.1 Å². The van der Waals surface area contributed by atoms with Crippen molar-refractivity contribution in [3.8, 4) is 0 Å². The highest BCUT2D eigenvalue weighted by Crippen LogP contribution is 2.37. The highest BCUT2D eigenvalue weighted by atomic mass is 35.5. The molecule has 174 valence electrons. The predicted molar refractivity (Wildman–Crippen MR) is 131 cm³/mol. The number of nitrogens with one attached hydrogen (secondary N) is 1. The lowest BCUT2D eigenvalue weighted by atomic mass is 9.77. The molecule has 0 spiro atoms. The molecule has 1 aromatic carbocycles. The van der Waals surface area contributed by atoms with Crippen LogP contribution in [-0.4, -0.2) is 63.4 Å². The minimum atomic E-state index is -0.245. The van der Waals surface area contributed by atoms with E-state index in [2.05, 4.69) is 52.9 Å². The molecule has 1 saturated heterocycles. The number of hydrogen-bond acceptors (Lipinski definition) is 5. The number of anilines is 1. The topological polar surface area (TPSA) is 61.4 Å². The Bertz CT molecular complexity index is 951. The van der Waals surface area contributed by atoms with Crippen molar-refractivity contribution in [2.45, 2.75) is 83.5 Å². The lowest BCUT2D eigenvalue weighted by Gasteiger charge is -2.44. The Hall–Kier alpha value is -1.92. The van der Waals surface area contributed by atoms with Crippen molar-refractivity contribution < 1.29 is 4.79 Å². The first-order valence-corrected chi connectivity index (χ1v) is 12.5. The summed E-state index contributed by atoms with van der Waals surface area (Å²) in [6.07, 6.45) is 8.13. The Morgan fingerprint density at radius 3 is 2.81 bits per heavy atom. The molecule has 4 atom stereocenters. The summed E-state index contributed by atoms with van der Waals surface area (Å²) in [7, 11) is 2.25. The number of carbonyl (C=O) groups excluding carboxylic acids is 1. The maximum Gasteiger partial charge on any atom is 0.245 e. The molecule has 2 fully saturated rings. The number of likely N-dealkylation sites (tertiary alicyclic amines) is 1. The fourth-order valence-electron chi connectivity index (χ4n) is 5.58. The highest BCUT2D eigenvalue weighted by Gasteiger charge is 2.42. The van der Waals surface area contributed by atoms with Gasteiger partial charge in [-0.25, -0.2) is 9.97 Å². The van der Waals surface area contributed by atoms with E-state index in [0.29, 0.717) is 34.9 Å². The Balaban J connectivity index is 1.48. The average molecular weight is 458 g/mol. The first-order chi connectivity index (χ1) is 15.4. The third kappa shape index (κ3) is 4.72. The minimum Gasteiger partial charge on any atom is -0.358 e. The molecule has 1 saturated carbocycles. The zero-order valence-electron chi connectivity index (χ0n) is 19.7. The molecule has 1 aliphatic heterocycles. The van der Waals surface area contributed by atoms with Crippen molar-refractivity contribution in [3.05, 3.63) is 29.5 Å². The zero-order chi connectivity index (χ0) is 22.8. The maximum absolute atomic E-state index is 13.5. The fourth-order valence-corrected chi connectivity index (χ4v) is 5.75. The SMILES string of the molecule is CCC[C@H]1C[C@H](N(C)C(C)C)CC[C@@H]1N1CC[C@H](Nc2ncnc3ccc(Cl)cc23)C1=O. The number of rotatable bonds is 7. The van der Waals surface area contributed by atoms with Crippen LogP contribution in [0.2, 0.25) is 5.02 Å². The van der Waals surface area contributed by atoms with E-state index in [-0.39, 0.29) is 11.9 Å². The molecular weight excluding hydrogens is 422 g/mol. The van der Waals surface area contributed by atoms with Crippen LogP contribution in [0.4, 0.5) is 5.82 Å². The van der Waals surface area contributed by atoms with Gasteiger partial charge in [0.1, 0.15) is 18.2 Å². The Kier molecular flexibility index (Phi) is 7.21. The molecule has 1 amide bonds. The van der Waals surface area contributed by atoms with Crippen molar-refractivity contribution >= 4 is 34.2 Å². The Morgan fingerprint density at radius 1 is 1.25 bits per heavy atom. The molecule has 2 heterocycles. The zero-order valence-corrected chi connectivity index (χ0v) is 20.5. The predicted octanol–water partition coefficient (Wildman–Crippen LogP) is 4.97. The maximum atomic E-state index is 13.5. The number of benzene rings is 1. The van der Waals surface area contributed by atoms with Gasteiger partial charge in [-0.1, -0.05) is 24.9 Å². The van der Waals surface area contributed by atoms with Crippen LogP contribution < -0.4 is 5.32 Å². The third-order valence-electron chi connectivity index (χ3n) is 7.51. The van der Waals surface area contributed by atoms with Gasteiger partial charge in [0, 0.05) is 35.1 Å². The van der Waals surface area contributed by atoms with Gasteiger partial charge < -0.3 is 15.1 Å². The van der Waals surface area contributed by atoms with Crippen LogP contribution in [0.15, 0.2) is 24.5 Å². The first kappa shape index (κ1) is 23.2. The van der Waals surface area contributed by atoms with Crippen molar-refractivity contribution in [2.24, 2.45) is 5.92 Å². The number of amides is 1. The summed E-state index contributed by atoms with van der Waals surface area (Å²) in [6.45, 7) is 7.61. The van der Waals surface area contributed by atoms with E-state index in [1.54, 1.807) is 6.33 Å². The number of hydrogen-bond donors (Lipinski definition) is 1. The molecule has 4 rings (SSSR count). The summed E-state index contributed by atoms with van der Waals surface area (Å²) >= 11 is 6.20. The van der Waals surface area contributed by atoms with Gasteiger partial charge in [-0.2, -0.15) is 0 Å². The molecular formula is C25H36ClN5O. The molecule has 6 nitrogen and oxygen atoms in total. The van der Waals surface area contributed by atoms with Crippen LogP contribution in [-0.2, 0) is 4.79 Å². The molecule has 1 aliphatic carbocycles. The summed E-state index contributed by atoms with van der Waals surface area (Å²) in [5.41, 5.74) is 0.824. The van der Waals surface area contributed by atoms with Gasteiger partial charge in [0.15, 0.2) is 0 Å². The summed E-state index contributed by atoms with van der Waals surface area (Å²) in [6, 6.07) is 6.84. The normalized spacial score (nSPS) is 26.5. The number of nitrogens with zero attached hydrogens (tertiary/aromatic N) is 4. The smallest absolute Gasteiger partial charge is 0.245 e. The van der Waals surface area contributed by atoms with Crippen molar-refractivity contribution in [3.63, 3.8) is 0 Å². The lowest BCUT2D eigenvalue weighted by molar-refractivity contribution is -0.132. The van der Waals surface area contributed by atoms with E-state index in [1.165, 1.54) is 12.8 Å². The van der Waals surface area contributed by atoms with Crippen LogP contribution in [0.1, 0.15) is 59.3 Å². The second kappa shape index (κ2) is 9.92. The quantitative estimate of drug-likeness (QED) is 0.635. The van der Waals surface area contributed by atoms with Gasteiger partial charge in [0.05, 0.1) is 5.52 Å². The molecule has 2 aliphatic rings. The van der Waals surface area contributed by atoms with Crippen molar-refractivity contribution in [1.29, 1.82) is 0 Å². The number of aromatic nitrogens is 2. The molecule has 32 heavy (non-hydrogen) atoms. The molecule has 0 radical (unpaired) electrons. The van der Waals surface area contributed by atoms with Gasteiger partial charge in [-0.15, -0.1) is 0 Å². The van der Waals surface area contributed by atoms with Crippen LogP contribution in [0, 0.1) is 5.92 Å². The third-order valence-corrected chi connectivity index (χ3v) is 7.75. The van der Waals surface area contributed by atoms with E-state index in [1.807, 2.05) is 18.2 Å². The lowest BCUT2D eigenvalue weighted by Crippen LogP contribution is -2.51.